The van der Waals surface area contributed by atoms with Crippen LogP contribution >= 0.6 is 11.8 Å². The highest BCUT2D eigenvalue weighted by atomic mass is 32.2. The molecule has 0 atom stereocenters. The molecule has 0 aromatic heterocycles. The number of rotatable bonds is 8. The zero-order valence-electron chi connectivity index (χ0n) is 12.1. The van der Waals surface area contributed by atoms with Crippen molar-refractivity contribution in [2.24, 2.45) is 5.14 Å². The topological polar surface area (TPSA) is 98.5 Å². The van der Waals surface area contributed by atoms with E-state index in [1.807, 2.05) is 31.4 Å². The van der Waals surface area contributed by atoms with Crippen LogP contribution in [0.5, 0.6) is 0 Å². The van der Waals surface area contributed by atoms with E-state index in [0.29, 0.717) is 12.1 Å². The summed E-state index contributed by atoms with van der Waals surface area (Å²) in [7, 11) is -3.50. The van der Waals surface area contributed by atoms with Gasteiger partial charge in [-0.15, -0.1) is 11.8 Å². The van der Waals surface area contributed by atoms with Crippen LogP contribution in [-0.4, -0.2) is 46.1 Å². The van der Waals surface area contributed by atoms with Gasteiger partial charge in [-0.1, -0.05) is 6.07 Å². The van der Waals surface area contributed by atoms with E-state index in [4.69, 9.17) is 9.88 Å². The van der Waals surface area contributed by atoms with E-state index in [1.54, 1.807) is 11.8 Å². The number of aryl methyl sites for hydroxylation is 1. The minimum atomic E-state index is -3.50. The average molecular weight is 332 g/mol. The van der Waals surface area contributed by atoms with Gasteiger partial charge in [0, 0.05) is 17.0 Å². The highest BCUT2D eigenvalue weighted by Crippen LogP contribution is 2.18. The molecule has 1 aromatic carbocycles. The van der Waals surface area contributed by atoms with Crippen LogP contribution < -0.4 is 10.5 Å². The molecule has 0 unspecified atom stereocenters. The Morgan fingerprint density at radius 2 is 2.10 bits per heavy atom. The maximum atomic E-state index is 12.0. The number of thioether (sulfide) groups is 1. The van der Waals surface area contributed by atoms with Gasteiger partial charge in [0.1, 0.15) is 0 Å². The SMILES string of the molecule is CSc1ccc(C)c(C(=O)NCCOCCS(N)(=O)=O)c1. The zero-order valence-corrected chi connectivity index (χ0v) is 13.7. The second-order valence-corrected chi connectivity index (χ2v) is 7.03. The molecule has 0 aliphatic heterocycles. The number of nitrogens with two attached hydrogens (primary N) is 1. The number of nitrogens with one attached hydrogen (secondary N) is 1. The minimum absolute atomic E-state index is 0.0235. The number of ether oxygens (including phenoxy) is 1. The van der Waals surface area contributed by atoms with Crippen LogP contribution in [0.4, 0.5) is 0 Å². The Kier molecular flexibility index (Phi) is 7.16. The Labute approximate surface area is 129 Å². The molecule has 118 valence electrons. The van der Waals surface area contributed by atoms with Crippen molar-refractivity contribution < 1.29 is 17.9 Å². The lowest BCUT2D eigenvalue weighted by Gasteiger charge is -2.09. The summed E-state index contributed by atoms with van der Waals surface area (Å²) in [6, 6.07) is 5.72. The molecular formula is C13H20N2O4S2. The fourth-order valence-electron chi connectivity index (χ4n) is 1.58. The summed E-state index contributed by atoms with van der Waals surface area (Å²) in [5, 5.41) is 7.57. The first kappa shape index (κ1) is 18.0. The molecule has 0 saturated heterocycles. The fourth-order valence-corrected chi connectivity index (χ4v) is 2.37. The first-order valence-electron chi connectivity index (χ1n) is 6.34. The van der Waals surface area contributed by atoms with Crippen molar-refractivity contribution in [1.29, 1.82) is 0 Å². The van der Waals surface area contributed by atoms with Crippen molar-refractivity contribution in [2.45, 2.75) is 11.8 Å². The van der Waals surface area contributed by atoms with E-state index in [-0.39, 0.29) is 24.9 Å². The maximum Gasteiger partial charge on any atom is 0.251 e. The maximum absolute atomic E-state index is 12.0. The van der Waals surface area contributed by atoms with Crippen molar-refractivity contribution in [3.05, 3.63) is 29.3 Å². The van der Waals surface area contributed by atoms with Gasteiger partial charge in [0.15, 0.2) is 0 Å². The largest absolute Gasteiger partial charge is 0.379 e. The van der Waals surface area contributed by atoms with Crippen LogP contribution in [0, 0.1) is 6.92 Å². The van der Waals surface area contributed by atoms with Gasteiger partial charge >= 0.3 is 0 Å². The molecule has 0 aliphatic rings. The van der Waals surface area contributed by atoms with Gasteiger partial charge in [-0.05, 0) is 30.9 Å². The summed E-state index contributed by atoms with van der Waals surface area (Å²) in [5.74, 6) is -0.394. The van der Waals surface area contributed by atoms with Crippen LogP contribution in [0.3, 0.4) is 0 Å². The number of sulfonamides is 1. The highest BCUT2D eigenvalue weighted by molar-refractivity contribution is 7.98. The summed E-state index contributed by atoms with van der Waals surface area (Å²) in [6.07, 6.45) is 1.95. The molecule has 0 radical (unpaired) electrons. The third-order valence-electron chi connectivity index (χ3n) is 2.73. The van der Waals surface area contributed by atoms with Crippen molar-refractivity contribution >= 4 is 27.7 Å². The Balaban J connectivity index is 2.37. The van der Waals surface area contributed by atoms with Crippen LogP contribution in [-0.2, 0) is 14.8 Å². The minimum Gasteiger partial charge on any atom is -0.379 e. The van der Waals surface area contributed by atoms with Gasteiger partial charge in [-0.2, -0.15) is 0 Å². The third-order valence-corrected chi connectivity index (χ3v) is 4.19. The molecule has 21 heavy (non-hydrogen) atoms. The number of carbonyl (C=O) groups is 1. The molecule has 8 heteroatoms. The zero-order chi connectivity index (χ0) is 15.9. The van der Waals surface area contributed by atoms with Gasteiger partial charge < -0.3 is 10.1 Å². The monoisotopic (exact) mass is 332 g/mol. The number of hydrogen-bond donors (Lipinski definition) is 2. The Morgan fingerprint density at radius 3 is 2.71 bits per heavy atom. The molecule has 1 rings (SSSR count). The van der Waals surface area contributed by atoms with Crippen LogP contribution in [0.25, 0.3) is 0 Å². The van der Waals surface area contributed by atoms with E-state index in [9.17, 15) is 13.2 Å². The summed E-state index contributed by atoms with van der Waals surface area (Å²) in [4.78, 5) is 13.1. The third kappa shape index (κ3) is 6.94. The molecular weight excluding hydrogens is 312 g/mol. The molecule has 0 fully saturated rings. The molecule has 1 aromatic rings. The van der Waals surface area contributed by atoms with Crippen molar-refractivity contribution in [3.63, 3.8) is 0 Å². The first-order chi connectivity index (χ1) is 9.83. The lowest BCUT2D eigenvalue weighted by molar-refractivity contribution is 0.0922. The van der Waals surface area contributed by atoms with Crippen molar-refractivity contribution in [2.75, 3.05) is 31.8 Å². The molecule has 3 N–H and O–H groups in total. The molecule has 6 nitrogen and oxygen atoms in total. The summed E-state index contributed by atoms with van der Waals surface area (Å²) < 4.78 is 26.5. The molecule has 0 aliphatic carbocycles. The van der Waals surface area contributed by atoms with E-state index < -0.39 is 10.0 Å². The number of amides is 1. The second-order valence-electron chi connectivity index (χ2n) is 4.42. The lowest BCUT2D eigenvalue weighted by atomic mass is 10.1. The second kappa shape index (κ2) is 8.38. The summed E-state index contributed by atoms with van der Waals surface area (Å²) in [5.41, 5.74) is 1.53. The molecule has 0 bridgehead atoms. The van der Waals surface area contributed by atoms with E-state index in [1.165, 1.54) is 0 Å². The van der Waals surface area contributed by atoms with Gasteiger partial charge in [0.05, 0.1) is 19.0 Å². The summed E-state index contributed by atoms with van der Waals surface area (Å²) >= 11 is 1.57. The molecule has 0 spiro atoms. The molecule has 0 saturated carbocycles. The van der Waals surface area contributed by atoms with Gasteiger partial charge in [0.25, 0.3) is 5.91 Å². The van der Waals surface area contributed by atoms with Crippen LogP contribution in [0.15, 0.2) is 23.1 Å². The Bertz CT molecular complexity index is 588. The first-order valence-corrected chi connectivity index (χ1v) is 9.28. The predicted octanol–water partition coefficient (Wildman–Crippen LogP) is 0.752. The Hall–Kier alpha value is -1.09. The average Bonchev–Trinajstić information content (AvgIpc) is 2.41. The number of carbonyl (C=O) groups excluding carboxylic acids is 1. The number of primary sulfonamides is 1. The lowest BCUT2D eigenvalue weighted by Crippen LogP contribution is -2.29. The quantitative estimate of drug-likeness (QED) is 0.541. The number of hydrogen-bond acceptors (Lipinski definition) is 5. The van der Waals surface area contributed by atoms with Gasteiger partial charge in [-0.25, -0.2) is 13.6 Å². The summed E-state index contributed by atoms with van der Waals surface area (Å²) in [6.45, 7) is 2.45. The van der Waals surface area contributed by atoms with Crippen molar-refractivity contribution in [1.82, 2.24) is 5.32 Å². The van der Waals surface area contributed by atoms with E-state index in [0.717, 1.165) is 10.5 Å². The van der Waals surface area contributed by atoms with Crippen LogP contribution in [0.1, 0.15) is 15.9 Å². The standard InChI is InChI=1S/C13H20N2O4S2/c1-10-3-4-11(20-2)9-12(10)13(16)15-5-6-19-7-8-21(14,17)18/h3-4,9H,5-8H2,1-2H3,(H,15,16)(H2,14,17,18). The van der Waals surface area contributed by atoms with E-state index >= 15 is 0 Å². The predicted molar refractivity (Wildman–Crippen MR) is 84.1 cm³/mol. The van der Waals surface area contributed by atoms with Crippen LogP contribution in [0.2, 0.25) is 0 Å². The normalized spacial score (nSPS) is 11.4. The Morgan fingerprint density at radius 1 is 1.38 bits per heavy atom. The number of benzene rings is 1. The van der Waals surface area contributed by atoms with Crippen molar-refractivity contribution in [3.8, 4) is 0 Å². The van der Waals surface area contributed by atoms with Gasteiger partial charge in [0.2, 0.25) is 10.0 Å². The van der Waals surface area contributed by atoms with Gasteiger partial charge in [-0.3, -0.25) is 4.79 Å². The highest BCUT2D eigenvalue weighted by Gasteiger charge is 2.09. The fraction of sp³-hybridized carbons (Fsp3) is 0.462. The molecule has 0 heterocycles. The molecule has 1 amide bonds. The smallest absolute Gasteiger partial charge is 0.251 e. The van der Waals surface area contributed by atoms with E-state index in [2.05, 4.69) is 5.32 Å².